The molecule has 0 aromatic heterocycles. The van der Waals surface area contributed by atoms with E-state index in [1.54, 1.807) is 6.07 Å². The lowest BCUT2D eigenvalue weighted by atomic mass is 9.91. The van der Waals surface area contributed by atoms with Crippen LogP contribution in [-0.4, -0.2) is 36.5 Å². The number of anilines is 2. The Bertz CT molecular complexity index is 608. The average molecular weight is 308 g/mol. The number of carbonyl (C=O) groups is 1. The Labute approximate surface area is 129 Å². The molecule has 0 saturated carbocycles. The molecule has 1 aromatic rings. The molecule has 1 aromatic carbocycles. The number of carboxylic acids is 1. The van der Waals surface area contributed by atoms with Gasteiger partial charge < -0.3 is 20.1 Å². The van der Waals surface area contributed by atoms with Crippen molar-refractivity contribution in [3.63, 3.8) is 0 Å². The van der Waals surface area contributed by atoms with Crippen LogP contribution in [-0.2, 0) is 4.74 Å². The number of aromatic carboxylic acids is 1. The first-order valence-electron chi connectivity index (χ1n) is 7.49. The highest BCUT2D eigenvalue weighted by Crippen LogP contribution is 2.43. The van der Waals surface area contributed by atoms with Crippen molar-refractivity contribution in [2.75, 3.05) is 23.4 Å². The van der Waals surface area contributed by atoms with E-state index in [-0.39, 0.29) is 23.2 Å². The third-order valence-electron chi connectivity index (χ3n) is 4.25. The number of nitrogens with one attached hydrogen (secondary N) is 1. The van der Waals surface area contributed by atoms with Crippen LogP contribution in [0, 0.1) is 11.2 Å². The summed E-state index contributed by atoms with van der Waals surface area (Å²) in [7, 11) is 0. The molecule has 0 spiro atoms. The van der Waals surface area contributed by atoms with Gasteiger partial charge in [-0.05, 0) is 18.6 Å². The zero-order valence-electron chi connectivity index (χ0n) is 13.0. The molecule has 0 amide bonds. The summed E-state index contributed by atoms with van der Waals surface area (Å²) in [6.07, 6.45) is 0.916. The zero-order valence-corrected chi connectivity index (χ0v) is 13.0. The van der Waals surface area contributed by atoms with Gasteiger partial charge in [0, 0.05) is 18.6 Å². The highest BCUT2D eigenvalue weighted by Gasteiger charge is 2.41. The van der Waals surface area contributed by atoms with Gasteiger partial charge in [0.15, 0.2) is 5.82 Å². The highest BCUT2D eigenvalue weighted by molar-refractivity contribution is 5.92. The number of nitrogens with zero attached hydrogens (tertiary/aromatic N) is 1. The Morgan fingerprint density at radius 3 is 2.68 bits per heavy atom. The molecular formula is C16H21FN2O3. The molecule has 1 unspecified atom stereocenters. The van der Waals surface area contributed by atoms with Gasteiger partial charge in [0.2, 0.25) is 0 Å². The van der Waals surface area contributed by atoms with E-state index in [9.17, 15) is 9.18 Å². The van der Waals surface area contributed by atoms with Gasteiger partial charge in [-0.1, -0.05) is 20.8 Å². The lowest BCUT2D eigenvalue weighted by Crippen LogP contribution is -2.50. The minimum Gasteiger partial charge on any atom is -0.478 e. The standard InChI is InChI=1S/C16H21FN2O3/c1-16(2,3)15-18-11-5-4-10(14(20)21)12(17)13(11)19(15)8-9-6-7-22-9/h4-5,9,15,18H,6-8H2,1-3H3,(H,20,21)/t9-,15?/m0/s1. The Hall–Kier alpha value is -1.82. The maximum absolute atomic E-state index is 14.7. The summed E-state index contributed by atoms with van der Waals surface area (Å²) in [5.74, 6) is -1.93. The SMILES string of the molecule is CC(C)(C)C1Nc2ccc(C(=O)O)c(F)c2N1C[C@@H]1CCO1. The second-order valence-electron chi connectivity index (χ2n) is 6.98. The summed E-state index contributed by atoms with van der Waals surface area (Å²) in [5.41, 5.74) is 0.546. The third kappa shape index (κ3) is 2.41. The molecule has 1 fully saturated rings. The van der Waals surface area contributed by atoms with Crippen LogP contribution in [0.2, 0.25) is 0 Å². The van der Waals surface area contributed by atoms with Gasteiger partial charge in [0.1, 0.15) is 6.17 Å². The van der Waals surface area contributed by atoms with Gasteiger partial charge >= 0.3 is 5.97 Å². The van der Waals surface area contributed by atoms with Gasteiger partial charge in [0.25, 0.3) is 0 Å². The van der Waals surface area contributed by atoms with E-state index in [0.717, 1.165) is 13.0 Å². The molecule has 22 heavy (non-hydrogen) atoms. The van der Waals surface area contributed by atoms with E-state index in [2.05, 4.69) is 26.1 Å². The monoisotopic (exact) mass is 308 g/mol. The predicted molar refractivity (Wildman–Crippen MR) is 81.9 cm³/mol. The second-order valence-corrected chi connectivity index (χ2v) is 6.98. The molecule has 2 atom stereocenters. The normalized spacial score (nSPS) is 23.7. The number of hydrogen-bond donors (Lipinski definition) is 2. The van der Waals surface area contributed by atoms with Crippen LogP contribution in [0.5, 0.6) is 0 Å². The number of fused-ring (bicyclic) bond motifs is 1. The average Bonchev–Trinajstić information content (AvgIpc) is 2.73. The molecule has 120 valence electrons. The quantitative estimate of drug-likeness (QED) is 0.899. The highest BCUT2D eigenvalue weighted by atomic mass is 19.1. The Morgan fingerprint density at radius 1 is 1.50 bits per heavy atom. The minimum absolute atomic E-state index is 0.0745. The molecule has 2 heterocycles. The van der Waals surface area contributed by atoms with Crippen molar-refractivity contribution >= 4 is 17.3 Å². The number of rotatable bonds is 3. The molecule has 3 rings (SSSR count). The number of ether oxygens (including phenoxy) is 1. The lowest BCUT2D eigenvalue weighted by Gasteiger charge is -2.40. The Morgan fingerprint density at radius 2 is 2.18 bits per heavy atom. The van der Waals surface area contributed by atoms with Gasteiger partial charge in [0.05, 0.1) is 23.0 Å². The largest absolute Gasteiger partial charge is 0.478 e. The van der Waals surface area contributed by atoms with E-state index in [1.807, 2.05) is 4.90 Å². The Balaban J connectivity index is 2.03. The fraction of sp³-hybridized carbons (Fsp3) is 0.562. The van der Waals surface area contributed by atoms with Crippen molar-refractivity contribution in [3.8, 4) is 0 Å². The number of halogens is 1. The van der Waals surface area contributed by atoms with Crippen molar-refractivity contribution < 1.29 is 19.0 Å². The Kier molecular flexibility index (Phi) is 3.51. The summed E-state index contributed by atoms with van der Waals surface area (Å²) >= 11 is 0. The van der Waals surface area contributed by atoms with Crippen molar-refractivity contribution in [2.24, 2.45) is 5.41 Å². The summed E-state index contributed by atoms with van der Waals surface area (Å²) in [5, 5.41) is 12.5. The molecule has 2 aliphatic rings. The van der Waals surface area contributed by atoms with Crippen LogP contribution in [0.3, 0.4) is 0 Å². The first kappa shape index (κ1) is 15.1. The van der Waals surface area contributed by atoms with Gasteiger partial charge in [-0.3, -0.25) is 0 Å². The lowest BCUT2D eigenvalue weighted by molar-refractivity contribution is -0.0458. The summed E-state index contributed by atoms with van der Waals surface area (Å²) in [6.45, 7) is 7.50. The van der Waals surface area contributed by atoms with Crippen molar-refractivity contribution in [1.82, 2.24) is 0 Å². The third-order valence-corrected chi connectivity index (χ3v) is 4.25. The van der Waals surface area contributed by atoms with Gasteiger partial charge in [-0.2, -0.15) is 0 Å². The molecule has 2 N–H and O–H groups in total. The molecule has 0 aliphatic carbocycles. The minimum atomic E-state index is -1.25. The topological polar surface area (TPSA) is 61.8 Å². The first-order valence-corrected chi connectivity index (χ1v) is 7.49. The number of benzene rings is 1. The van der Waals surface area contributed by atoms with Crippen molar-refractivity contribution in [2.45, 2.75) is 39.5 Å². The fourth-order valence-corrected chi connectivity index (χ4v) is 3.01. The summed E-state index contributed by atoms with van der Waals surface area (Å²) in [6, 6.07) is 2.95. The number of carboxylic acid groups (broad SMARTS) is 1. The summed E-state index contributed by atoms with van der Waals surface area (Å²) < 4.78 is 20.2. The van der Waals surface area contributed by atoms with Crippen LogP contribution >= 0.6 is 0 Å². The molecule has 0 bridgehead atoms. The van der Waals surface area contributed by atoms with E-state index in [1.165, 1.54) is 6.07 Å². The van der Waals surface area contributed by atoms with E-state index >= 15 is 0 Å². The molecular weight excluding hydrogens is 287 g/mol. The van der Waals surface area contributed by atoms with Gasteiger partial charge in [-0.15, -0.1) is 0 Å². The van der Waals surface area contributed by atoms with Crippen molar-refractivity contribution in [3.05, 3.63) is 23.5 Å². The van der Waals surface area contributed by atoms with Gasteiger partial charge in [-0.25, -0.2) is 9.18 Å². The second kappa shape index (κ2) is 5.12. The maximum atomic E-state index is 14.7. The predicted octanol–water partition coefficient (Wildman–Crippen LogP) is 2.92. The fourth-order valence-electron chi connectivity index (χ4n) is 3.01. The zero-order chi connectivity index (χ0) is 16.1. The molecule has 5 nitrogen and oxygen atoms in total. The molecule has 6 heteroatoms. The molecule has 0 radical (unpaired) electrons. The van der Waals surface area contributed by atoms with Crippen LogP contribution in [0.25, 0.3) is 0 Å². The number of hydrogen-bond acceptors (Lipinski definition) is 4. The van der Waals surface area contributed by atoms with Crippen molar-refractivity contribution in [1.29, 1.82) is 0 Å². The van der Waals surface area contributed by atoms with Crippen LogP contribution in [0.1, 0.15) is 37.6 Å². The maximum Gasteiger partial charge on any atom is 0.338 e. The summed E-state index contributed by atoms with van der Waals surface area (Å²) in [4.78, 5) is 13.1. The molecule has 1 saturated heterocycles. The van der Waals surface area contributed by atoms with Crippen LogP contribution < -0.4 is 10.2 Å². The first-order chi connectivity index (χ1) is 10.3. The smallest absolute Gasteiger partial charge is 0.338 e. The van der Waals surface area contributed by atoms with E-state index in [0.29, 0.717) is 17.9 Å². The van der Waals surface area contributed by atoms with Crippen LogP contribution in [0.4, 0.5) is 15.8 Å². The molecule has 2 aliphatic heterocycles. The van der Waals surface area contributed by atoms with E-state index < -0.39 is 11.8 Å². The van der Waals surface area contributed by atoms with Crippen LogP contribution in [0.15, 0.2) is 12.1 Å². The van der Waals surface area contributed by atoms with E-state index in [4.69, 9.17) is 9.84 Å².